The summed E-state index contributed by atoms with van der Waals surface area (Å²) in [5.74, 6) is 0. The second kappa shape index (κ2) is 2.95. The molecule has 1 heterocycles. The summed E-state index contributed by atoms with van der Waals surface area (Å²) < 4.78 is 7.21. The quantitative estimate of drug-likeness (QED) is 0.466. The smallest absolute Gasteiger partial charge is 0.119 e. The molecule has 0 radical (unpaired) electrons. The maximum absolute atomic E-state index is 5.46. The predicted molar refractivity (Wildman–Crippen MR) is 39.5 cm³/mol. The van der Waals surface area contributed by atoms with Crippen molar-refractivity contribution in [3.63, 3.8) is 0 Å². The van der Waals surface area contributed by atoms with Gasteiger partial charge in [0.25, 0.3) is 0 Å². The minimum absolute atomic E-state index is 0.0688. The summed E-state index contributed by atoms with van der Waals surface area (Å²) >= 11 is 2.25. The number of hydrogen-bond donors (Lipinski definition) is 1. The molecular weight excluding hydrogens is 219 g/mol. The molecule has 0 amide bonds. The van der Waals surface area contributed by atoms with Crippen molar-refractivity contribution < 1.29 is 4.74 Å². The van der Waals surface area contributed by atoms with Gasteiger partial charge in [-0.1, -0.05) is 0 Å². The van der Waals surface area contributed by atoms with Crippen molar-refractivity contribution in [2.75, 3.05) is 19.7 Å². The third kappa shape index (κ3) is 1.85. The molecule has 1 rings (SSSR count). The van der Waals surface area contributed by atoms with Gasteiger partial charge in [0.2, 0.25) is 0 Å². The summed E-state index contributed by atoms with van der Waals surface area (Å²) in [5, 5.41) is 0. The summed E-state index contributed by atoms with van der Waals surface area (Å²) in [4.78, 5) is 0. The van der Waals surface area contributed by atoms with Crippen molar-refractivity contribution in [2.24, 2.45) is 5.73 Å². The molecule has 4 heteroatoms. The molecule has 0 aromatic heterocycles. The van der Waals surface area contributed by atoms with Crippen LogP contribution < -0.4 is 5.73 Å². The number of halogens is 1. The van der Waals surface area contributed by atoms with Crippen LogP contribution in [-0.4, -0.2) is 29.0 Å². The van der Waals surface area contributed by atoms with Gasteiger partial charge in [-0.25, -0.2) is 3.11 Å². The van der Waals surface area contributed by atoms with Crippen LogP contribution in [0.4, 0.5) is 0 Å². The number of nitrogens with two attached hydrogens (primary N) is 1. The Morgan fingerprint density at radius 2 is 2.50 bits per heavy atom. The number of ether oxygens (including phenoxy) is 1. The fraction of sp³-hybridized carbons (Fsp3) is 1.00. The lowest BCUT2D eigenvalue weighted by Gasteiger charge is -2.25. The van der Waals surface area contributed by atoms with Crippen LogP contribution in [0, 0.1) is 0 Å². The molecule has 0 spiro atoms. The summed E-state index contributed by atoms with van der Waals surface area (Å²) in [7, 11) is 0. The van der Waals surface area contributed by atoms with Gasteiger partial charge in [0.05, 0.1) is 6.61 Å². The molecule has 0 aromatic rings. The number of morpholine rings is 1. The molecule has 1 saturated heterocycles. The number of nitrogens with zero attached hydrogens (tertiary/aromatic N) is 1. The first-order valence-corrected chi connectivity index (χ1v) is 3.53. The molecule has 1 aliphatic heterocycles. The van der Waals surface area contributed by atoms with Gasteiger partial charge in [-0.3, -0.25) is 0 Å². The first-order valence-electron chi connectivity index (χ1n) is 2.57. The zero-order valence-corrected chi connectivity index (χ0v) is 6.67. The van der Waals surface area contributed by atoms with Crippen LogP contribution in [-0.2, 0) is 4.74 Å². The van der Waals surface area contributed by atoms with Crippen molar-refractivity contribution in [3.05, 3.63) is 0 Å². The van der Waals surface area contributed by atoms with E-state index in [-0.39, 0.29) is 6.23 Å². The minimum Gasteiger partial charge on any atom is -0.361 e. The molecule has 8 heavy (non-hydrogen) atoms. The highest BCUT2D eigenvalue weighted by molar-refractivity contribution is 14.1. The van der Waals surface area contributed by atoms with Crippen molar-refractivity contribution >= 4 is 22.9 Å². The second-order valence-corrected chi connectivity index (χ2v) is 3.14. The maximum atomic E-state index is 5.46. The topological polar surface area (TPSA) is 38.5 Å². The number of rotatable bonds is 0. The van der Waals surface area contributed by atoms with E-state index in [4.69, 9.17) is 10.5 Å². The van der Waals surface area contributed by atoms with Crippen molar-refractivity contribution in [1.82, 2.24) is 3.11 Å². The lowest BCUT2D eigenvalue weighted by atomic mass is 10.5. The lowest BCUT2D eigenvalue weighted by Crippen LogP contribution is -2.41. The Bertz CT molecular complexity index is 72.4. The van der Waals surface area contributed by atoms with E-state index in [2.05, 4.69) is 26.0 Å². The Kier molecular flexibility index (Phi) is 2.48. The van der Waals surface area contributed by atoms with E-state index in [1.807, 2.05) is 0 Å². The molecule has 0 saturated carbocycles. The SMILES string of the molecule is NC1CN(I)CCO1. The Morgan fingerprint density at radius 1 is 1.75 bits per heavy atom. The van der Waals surface area contributed by atoms with Crippen LogP contribution >= 0.6 is 22.9 Å². The highest BCUT2D eigenvalue weighted by atomic mass is 127. The van der Waals surface area contributed by atoms with Gasteiger partial charge in [0.15, 0.2) is 0 Å². The van der Waals surface area contributed by atoms with Crippen LogP contribution in [0.1, 0.15) is 0 Å². The van der Waals surface area contributed by atoms with E-state index in [0.717, 1.165) is 19.7 Å². The van der Waals surface area contributed by atoms with E-state index in [1.54, 1.807) is 0 Å². The summed E-state index contributed by atoms with van der Waals surface area (Å²) in [6.07, 6.45) is -0.0688. The molecule has 48 valence electrons. The molecule has 1 atom stereocenters. The predicted octanol–water partition coefficient (Wildman–Crippen LogP) is -0.0466. The summed E-state index contributed by atoms with van der Waals surface area (Å²) in [5.41, 5.74) is 5.46. The normalized spacial score (nSPS) is 33.0. The average Bonchev–Trinajstić information content (AvgIpc) is 1.64. The minimum atomic E-state index is -0.0688. The van der Waals surface area contributed by atoms with E-state index in [0.29, 0.717) is 0 Å². The van der Waals surface area contributed by atoms with Gasteiger partial charge in [-0.15, -0.1) is 0 Å². The Balaban J connectivity index is 2.23. The lowest BCUT2D eigenvalue weighted by molar-refractivity contribution is 0.0113. The van der Waals surface area contributed by atoms with Crippen LogP contribution in [0.3, 0.4) is 0 Å². The van der Waals surface area contributed by atoms with Crippen molar-refractivity contribution in [2.45, 2.75) is 6.23 Å². The largest absolute Gasteiger partial charge is 0.361 e. The standard InChI is InChI=1S/C4H9IN2O/c5-7-1-2-8-4(6)3-7/h4H,1-3,6H2. The van der Waals surface area contributed by atoms with Gasteiger partial charge in [0, 0.05) is 36.0 Å². The highest BCUT2D eigenvalue weighted by Crippen LogP contribution is 2.04. The summed E-state index contributed by atoms with van der Waals surface area (Å²) in [6.45, 7) is 2.61. The van der Waals surface area contributed by atoms with E-state index in [9.17, 15) is 0 Å². The van der Waals surface area contributed by atoms with E-state index >= 15 is 0 Å². The van der Waals surface area contributed by atoms with Crippen LogP contribution in [0.25, 0.3) is 0 Å². The zero-order valence-electron chi connectivity index (χ0n) is 4.51. The van der Waals surface area contributed by atoms with Gasteiger partial charge >= 0.3 is 0 Å². The van der Waals surface area contributed by atoms with Crippen LogP contribution in [0.15, 0.2) is 0 Å². The number of hydrogen-bond acceptors (Lipinski definition) is 3. The monoisotopic (exact) mass is 228 g/mol. The second-order valence-electron chi connectivity index (χ2n) is 1.78. The Labute approximate surface area is 62.7 Å². The zero-order chi connectivity index (χ0) is 5.98. The third-order valence-corrected chi connectivity index (χ3v) is 1.92. The van der Waals surface area contributed by atoms with Crippen molar-refractivity contribution in [1.29, 1.82) is 0 Å². The van der Waals surface area contributed by atoms with E-state index in [1.165, 1.54) is 0 Å². The van der Waals surface area contributed by atoms with Gasteiger partial charge in [-0.2, -0.15) is 0 Å². The molecule has 2 N–H and O–H groups in total. The molecule has 0 bridgehead atoms. The van der Waals surface area contributed by atoms with Gasteiger partial charge in [0.1, 0.15) is 6.23 Å². The maximum Gasteiger partial charge on any atom is 0.119 e. The molecule has 1 unspecified atom stereocenters. The molecule has 0 aromatic carbocycles. The summed E-state index contributed by atoms with van der Waals surface area (Å²) in [6, 6.07) is 0. The first-order chi connectivity index (χ1) is 3.79. The van der Waals surface area contributed by atoms with Crippen LogP contribution in [0.2, 0.25) is 0 Å². The first kappa shape index (κ1) is 6.73. The van der Waals surface area contributed by atoms with E-state index < -0.39 is 0 Å². The van der Waals surface area contributed by atoms with Crippen LogP contribution in [0.5, 0.6) is 0 Å². The third-order valence-electron chi connectivity index (χ3n) is 1.04. The molecular formula is C4H9IN2O. The fourth-order valence-corrected chi connectivity index (χ4v) is 1.23. The Hall–Kier alpha value is 0.610. The molecule has 3 nitrogen and oxygen atoms in total. The van der Waals surface area contributed by atoms with Crippen molar-refractivity contribution in [3.8, 4) is 0 Å². The van der Waals surface area contributed by atoms with Gasteiger partial charge < -0.3 is 10.5 Å². The highest BCUT2D eigenvalue weighted by Gasteiger charge is 2.13. The molecule has 1 aliphatic rings. The Morgan fingerprint density at radius 3 is 2.88 bits per heavy atom. The molecule has 0 aliphatic carbocycles. The van der Waals surface area contributed by atoms with Gasteiger partial charge in [-0.05, 0) is 0 Å². The average molecular weight is 228 g/mol. The fourth-order valence-electron chi connectivity index (χ4n) is 0.642. The molecule has 1 fully saturated rings.